The Morgan fingerprint density at radius 3 is 2.78 bits per heavy atom. The van der Waals surface area contributed by atoms with E-state index in [2.05, 4.69) is 14.9 Å². The van der Waals surface area contributed by atoms with Gasteiger partial charge in [0, 0.05) is 18.7 Å². The summed E-state index contributed by atoms with van der Waals surface area (Å²) in [5.41, 5.74) is 6.92. The molecule has 1 aromatic rings. The van der Waals surface area contributed by atoms with Crippen LogP contribution in [0.25, 0.3) is 0 Å². The molecule has 1 aliphatic carbocycles. The number of aromatic nitrogens is 2. The highest BCUT2D eigenvalue weighted by Crippen LogP contribution is 2.37. The fraction of sp³-hybridized carbons (Fsp3) is 0.714. The Hall–Kier alpha value is -1.32. The van der Waals surface area contributed by atoms with Gasteiger partial charge >= 0.3 is 0 Å². The molecule has 0 radical (unpaired) electrons. The minimum atomic E-state index is 0.616. The molecule has 98 valence electrons. The number of nitrogens with zero attached hydrogens (tertiary/aromatic N) is 3. The van der Waals surface area contributed by atoms with Gasteiger partial charge in [-0.05, 0) is 31.6 Å². The molecule has 2 unspecified atom stereocenters. The molecule has 0 bridgehead atoms. The number of rotatable bonds is 1. The molecule has 0 spiro atoms. The van der Waals surface area contributed by atoms with Gasteiger partial charge in [0.2, 0.25) is 0 Å². The molecule has 4 heteroatoms. The van der Waals surface area contributed by atoms with E-state index >= 15 is 0 Å². The van der Waals surface area contributed by atoms with Crippen LogP contribution < -0.4 is 10.6 Å². The topological polar surface area (TPSA) is 55.0 Å². The van der Waals surface area contributed by atoms with Crippen LogP contribution in [0.5, 0.6) is 0 Å². The highest BCUT2D eigenvalue weighted by Gasteiger charge is 2.32. The quantitative estimate of drug-likeness (QED) is 0.826. The van der Waals surface area contributed by atoms with Crippen molar-refractivity contribution in [3.63, 3.8) is 0 Å². The highest BCUT2D eigenvalue weighted by molar-refractivity contribution is 5.55. The molecule has 2 aliphatic rings. The zero-order valence-corrected chi connectivity index (χ0v) is 11.1. The Balaban J connectivity index is 1.79. The molecular weight excluding hydrogens is 224 g/mol. The normalized spacial score (nSPS) is 27.9. The van der Waals surface area contributed by atoms with Gasteiger partial charge in [-0.2, -0.15) is 0 Å². The Bertz CT molecular complexity index is 432. The first kappa shape index (κ1) is 11.8. The van der Waals surface area contributed by atoms with Crippen molar-refractivity contribution in [1.29, 1.82) is 0 Å². The van der Waals surface area contributed by atoms with Crippen molar-refractivity contribution < 1.29 is 0 Å². The first-order valence-corrected chi connectivity index (χ1v) is 7.07. The predicted octanol–water partition coefficient (Wildman–Crippen LogP) is 2.38. The van der Waals surface area contributed by atoms with Gasteiger partial charge in [-0.3, -0.25) is 0 Å². The van der Waals surface area contributed by atoms with Gasteiger partial charge in [-0.1, -0.05) is 19.3 Å². The Kier molecular flexibility index (Phi) is 3.10. The van der Waals surface area contributed by atoms with Crippen LogP contribution >= 0.6 is 0 Å². The third-order valence-electron chi connectivity index (χ3n) is 4.69. The van der Waals surface area contributed by atoms with E-state index in [1.165, 1.54) is 32.1 Å². The van der Waals surface area contributed by atoms with E-state index in [9.17, 15) is 0 Å². The smallest absolute Gasteiger partial charge is 0.137 e. The van der Waals surface area contributed by atoms with Crippen LogP contribution in [0.1, 0.15) is 37.7 Å². The number of hydrogen-bond acceptors (Lipinski definition) is 4. The summed E-state index contributed by atoms with van der Waals surface area (Å²) in [6.45, 7) is 4.30. The molecule has 18 heavy (non-hydrogen) atoms. The Morgan fingerprint density at radius 2 is 1.94 bits per heavy atom. The average Bonchev–Trinajstić information content (AvgIpc) is 2.41. The van der Waals surface area contributed by atoms with Gasteiger partial charge in [-0.25, -0.2) is 9.97 Å². The second kappa shape index (κ2) is 4.75. The third-order valence-corrected chi connectivity index (χ3v) is 4.69. The minimum Gasteiger partial charge on any atom is -0.383 e. The monoisotopic (exact) mass is 246 g/mol. The minimum absolute atomic E-state index is 0.616. The molecule has 4 nitrogen and oxygen atoms in total. The first-order chi connectivity index (χ1) is 8.75. The molecule has 3 rings (SSSR count). The van der Waals surface area contributed by atoms with Crippen molar-refractivity contribution >= 4 is 11.6 Å². The van der Waals surface area contributed by atoms with Gasteiger partial charge in [-0.15, -0.1) is 0 Å². The predicted molar refractivity (Wildman–Crippen MR) is 73.5 cm³/mol. The third kappa shape index (κ3) is 2.04. The first-order valence-electron chi connectivity index (χ1n) is 7.07. The molecule has 2 atom stereocenters. The van der Waals surface area contributed by atoms with E-state index in [4.69, 9.17) is 5.73 Å². The van der Waals surface area contributed by atoms with Crippen molar-refractivity contribution in [2.75, 3.05) is 23.7 Å². The highest BCUT2D eigenvalue weighted by atomic mass is 15.2. The van der Waals surface area contributed by atoms with Crippen molar-refractivity contribution in [3.05, 3.63) is 11.9 Å². The van der Waals surface area contributed by atoms with E-state index in [1.807, 2.05) is 6.92 Å². The van der Waals surface area contributed by atoms with Crippen molar-refractivity contribution in [2.24, 2.45) is 11.8 Å². The lowest BCUT2D eigenvalue weighted by Crippen LogP contribution is -2.42. The number of anilines is 2. The molecule has 1 saturated heterocycles. The average molecular weight is 246 g/mol. The van der Waals surface area contributed by atoms with Crippen LogP contribution in [-0.2, 0) is 0 Å². The summed E-state index contributed by atoms with van der Waals surface area (Å²) in [6, 6.07) is 0. The summed E-state index contributed by atoms with van der Waals surface area (Å²) in [4.78, 5) is 10.9. The molecule has 1 saturated carbocycles. The maximum Gasteiger partial charge on any atom is 0.137 e. The van der Waals surface area contributed by atoms with Gasteiger partial charge in [0.25, 0.3) is 0 Å². The fourth-order valence-electron chi connectivity index (χ4n) is 3.57. The summed E-state index contributed by atoms with van der Waals surface area (Å²) >= 11 is 0. The van der Waals surface area contributed by atoms with Crippen LogP contribution in [0.15, 0.2) is 6.33 Å². The molecule has 2 fully saturated rings. The van der Waals surface area contributed by atoms with E-state index in [1.54, 1.807) is 6.33 Å². The van der Waals surface area contributed by atoms with Crippen molar-refractivity contribution in [2.45, 2.75) is 39.0 Å². The molecule has 0 amide bonds. The summed E-state index contributed by atoms with van der Waals surface area (Å²) in [6.07, 6.45) is 8.56. The molecule has 1 aliphatic heterocycles. The molecular formula is C14H22N4. The van der Waals surface area contributed by atoms with Crippen LogP contribution in [-0.4, -0.2) is 23.1 Å². The van der Waals surface area contributed by atoms with Crippen LogP contribution in [0.4, 0.5) is 11.6 Å². The molecule has 1 aromatic heterocycles. The zero-order valence-electron chi connectivity index (χ0n) is 11.1. The summed E-state index contributed by atoms with van der Waals surface area (Å²) in [7, 11) is 0. The van der Waals surface area contributed by atoms with Gasteiger partial charge in [0.15, 0.2) is 0 Å². The number of fused-ring (bicyclic) bond motifs is 1. The second-order valence-electron chi connectivity index (χ2n) is 5.75. The number of nitrogens with two attached hydrogens (primary N) is 1. The van der Waals surface area contributed by atoms with Gasteiger partial charge < -0.3 is 10.6 Å². The molecule has 2 N–H and O–H groups in total. The standard InChI is InChI=1S/C14H22N4/c1-10-13(15)16-9-17-14(10)18-7-6-11-4-2-3-5-12(11)8-18/h9,11-12H,2-8H2,1H3,(H2,15,16,17). The van der Waals surface area contributed by atoms with Crippen LogP contribution in [0, 0.1) is 18.8 Å². The Labute approximate surface area is 109 Å². The van der Waals surface area contributed by atoms with Gasteiger partial charge in [0.05, 0.1) is 0 Å². The van der Waals surface area contributed by atoms with Crippen molar-refractivity contribution in [1.82, 2.24) is 9.97 Å². The lowest BCUT2D eigenvalue weighted by Gasteiger charge is -2.42. The SMILES string of the molecule is Cc1c(N)ncnc1N1CCC2CCCCC2C1. The van der Waals surface area contributed by atoms with E-state index in [-0.39, 0.29) is 0 Å². The van der Waals surface area contributed by atoms with Gasteiger partial charge in [0.1, 0.15) is 18.0 Å². The second-order valence-corrected chi connectivity index (χ2v) is 5.75. The molecule has 0 aromatic carbocycles. The lowest BCUT2D eigenvalue weighted by molar-refractivity contribution is 0.202. The largest absolute Gasteiger partial charge is 0.383 e. The number of nitrogen functional groups attached to an aromatic ring is 1. The number of piperidine rings is 1. The Morgan fingerprint density at radius 1 is 1.17 bits per heavy atom. The van der Waals surface area contributed by atoms with E-state index in [0.717, 1.165) is 36.3 Å². The van der Waals surface area contributed by atoms with E-state index < -0.39 is 0 Å². The van der Waals surface area contributed by atoms with Crippen molar-refractivity contribution in [3.8, 4) is 0 Å². The fourth-order valence-corrected chi connectivity index (χ4v) is 3.57. The number of hydrogen-bond donors (Lipinski definition) is 1. The lowest BCUT2D eigenvalue weighted by atomic mass is 9.75. The molecule has 2 heterocycles. The van der Waals surface area contributed by atoms with Crippen LogP contribution in [0.2, 0.25) is 0 Å². The van der Waals surface area contributed by atoms with E-state index in [0.29, 0.717) is 5.82 Å². The maximum absolute atomic E-state index is 5.88. The van der Waals surface area contributed by atoms with Crippen LogP contribution in [0.3, 0.4) is 0 Å². The summed E-state index contributed by atoms with van der Waals surface area (Å²) in [5.74, 6) is 3.48. The zero-order chi connectivity index (χ0) is 12.5. The summed E-state index contributed by atoms with van der Waals surface area (Å²) in [5, 5.41) is 0. The maximum atomic E-state index is 5.88. The summed E-state index contributed by atoms with van der Waals surface area (Å²) < 4.78 is 0.